The molecule has 0 atom stereocenters. The molecule has 0 unspecified atom stereocenters. The Hall–Kier alpha value is -1.43. The van der Waals surface area contributed by atoms with E-state index in [4.69, 9.17) is 5.73 Å². The van der Waals surface area contributed by atoms with Gasteiger partial charge in [-0.3, -0.25) is 9.48 Å². The highest BCUT2D eigenvalue weighted by Crippen LogP contribution is 1.95. The number of aryl methyl sites for hydroxylation is 1. The summed E-state index contributed by atoms with van der Waals surface area (Å²) in [7, 11) is 1.79. The van der Waals surface area contributed by atoms with Crippen molar-refractivity contribution in [2.75, 3.05) is 20.1 Å². The van der Waals surface area contributed by atoms with Crippen LogP contribution in [0.4, 0.5) is 0 Å². The fourth-order valence-corrected chi connectivity index (χ4v) is 1.20. The van der Waals surface area contributed by atoms with Crippen LogP contribution >= 0.6 is 0 Å². The number of nitrogens with two attached hydrogens (primary N) is 1. The molecule has 15 heavy (non-hydrogen) atoms. The van der Waals surface area contributed by atoms with Crippen molar-refractivity contribution in [2.24, 2.45) is 5.73 Å². The van der Waals surface area contributed by atoms with Crippen LogP contribution in [0.3, 0.4) is 0 Å². The van der Waals surface area contributed by atoms with Gasteiger partial charge in [0.25, 0.3) is 0 Å². The van der Waals surface area contributed by atoms with Gasteiger partial charge in [-0.1, -0.05) is 0 Å². The third-order valence-corrected chi connectivity index (χ3v) is 2.14. The number of carbonyl (C=O) groups excluding carboxylic acids is 1. The van der Waals surface area contributed by atoms with Crippen molar-refractivity contribution in [3.63, 3.8) is 0 Å². The van der Waals surface area contributed by atoms with Crippen molar-refractivity contribution in [3.05, 3.63) is 12.7 Å². The Bertz CT molecular complexity index is 285. The summed E-state index contributed by atoms with van der Waals surface area (Å²) < 4.78 is 1.65. The van der Waals surface area contributed by atoms with Gasteiger partial charge in [0, 0.05) is 20.0 Å². The van der Waals surface area contributed by atoms with E-state index in [0.717, 1.165) is 6.42 Å². The van der Waals surface area contributed by atoms with Gasteiger partial charge in [-0.05, 0) is 13.0 Å². The third-order valence-electron chi connectivity index (χ3n) is 2.14. The lowest BCUT2D eigenvalue weighted by Gasteiger charge is -2.16. The molecular weight excluding hydrogens is 194 g/mol. The second-order valence-corrected chi connectivity index (χ2v) is 3.37. The van der Waals surface area contributed by atoms with E-state index in [-0.39, 0.29) is 5.91 Å². The summed E-state index contributed by atoms with van der Waals surface area (Å²) in [4.78, 5) is 17.1. The van der Waals surface area contributed by atoms with E-state index < -0.39 is 0 Å². The van der Waals surface area contributed by atoms with Crippen LogP contribution in [-0.2, 0) is 11.3 Å². The molecule has 0 fully saturated rings. The summed E-state index contributed by atoms with van der Waals surface area (Å²) in [6.07, 6.45) is 4.35. The van der Waals surface area contributed by atoms with Crippen molar-refractivity contribution in [1.82, 2.24) is 19.7 Å². The number of aromatic nitrogens is 3. The van der Waals surface area contributed by atoms with Crippen molar-refractivity contribution >= 4 is 5.91 Å². The van der Waals surface area contributed by atoms with E-state index >= 15 is 0 Å². The number of hydrogen-bond acceptors (Lipinski definition) is 4. The molecule has 0 aliphatic heterocycles. The first-order chi connectivity index (χ1) is 7.24. The van der Waals surface area contributed by atoms with Gasteiger partial charge in [0.2, 0.25) is 5.91 Å². The highest BCUT2D eigenvalue weighted by atomic mass is 16.2. The summed E-state index contributed by atoms with van der Waals surface area (Å²) in [5.41, 5.74) is 5.37. The van der Waals surface area contributed by atoms with E-state index in [9.17, 15) is 4.79 Å². The third kappa shape index (κ3) is 4.07. The first-order valence-electron chi connectivity index (χ1n) is 5.00. The molecule has 0 spiro atoms. The summed E-state index contributed by atoms with van der Waals surface area (Å²) in [6, 6.07) is 0. The van der Waals surface area contributed by atoms with E-state index in [2.05, 4.69) is 10.1 Å². The molecule has 0 saturated carbocycles. The predicted octanol–water partition coefficient (Wildman–Crippen LogP) is -0.525. The van der Waals surface area contributed by atoms with Crippen LogP contribution in [-0.4, -0.2) is 45.7 Å². The molecule has 0 aliphatic rings. The van der Waals surface area contributed by atoms with Gasteiger partial charge in [0.15, 0.2) is 0 Å². The highest BCUT2D eigenvalue weighted by molar-refractivity contribution is 5.75. The van der Waals surface area contributed by atoms with Gasteiger partial charge in [-0.2, -0.15) is 5.10 Å². The van der Waals surface area contributed by atoms with Gasteiger partial charge in [-0.15, -0.1) is 0 Å². The van der Waals surface area contributed by atoms with Crippen LogP contribution in [0.5, 0.6) is 0 Å². The van der Waals surface area contributed by atoms with Crippen LogP contribution in [0.25, 0.3) is 0 Å². The molecule has 1 aromatic heterocycles. The maximum absolute atomic E-state index is 11.6. The van der Waals surface area contributed by atoms with Crippen molar-refractivity contribution in [2.45, 2.75) is 19.4 Å². The molecule has 1 aromatic rings. The number of hydrogen-bond donors (Lipinski definition) is 1. The van der Waals surface area contributed by atoms with E-state index in [1.54, 1.807) is 23.0 Å². The topological polar surface area (TPSA) is 77.0 Å². The zero-order valence-electron chi connectivity index (χ0n) is 8.96. The number of amides is 1. The Balaban J connectivity index is 2.23. The lowest BCUT2D eigenvalue weighted by Crippen LogP contribution is -2.29. The minimum Gasteiger partial charge on any atom is -0.346 e. The summed E-state index contributed by atoms with van der Waals surface area (Å²) in [5.74, 6) is 0.110. The van der Waals surface area contributed by atoms with Crippen molar-refractivity contribution in [1.29, 1.82) is 0 Å². The Labute approximate surface area is 89.1 Å². The molecule has 1 heterocycles. The quantitative estimate of drug-likeness (QED) is 0.686. The maximum Gasteiger partial charge on any atom is 0.224 e. The molecule has 0 radical (unpaired) electrons. The van der Waals surface area contributed by atoms with Crippen LogP contribution in [0.2, 0.25) is 0 Å². The molecule has 1 rings (SSSR count). The summed E-state index contributed by atoms with van der Waals surface area (Å²) in [5, 5.41) is 3.92. The summed E-state index contributed by atoms with van der Waals surface area (Å²) in [6.45, 7) is 1.90. The fraction of sp³-hybridized carbons (Fsp3) is 0.667. The second kappa shape index (κ2) is 6.13. The van der Waals surface area contributed by atoms with Crippen LogP contribution < -0.4 is 5.73 Å². The lowest BCUT2D eigenvalue weighted by molar-refractivity contribution is -0.130. The molecule has 1 amide bonds. The predicted molar refractivity (Wildman–Crippen MR) is 55.9 cm³/mol. The zero-order chi connectivity index (χ0) is 11.1. The van der Waals surface area contributed by atoms with Crippen molar-refractivity contribution in [3.8, 4) is 0 Å². The van der Waals surface area contributed by atoms with E-state index in [1.807, 2.05) is 0 Å². The highest BCUT2D eigenvalue weighted by Gasteiger charge is 2.07. The minimum absolute atomic E-state index is 0.110. The number of nitrogens with zero attached hydrogens (tertiary/aromatic N) is 4. The molecule has 0 bridgehead atoms. The Morgan fingerprint density at radius 2 is 2.40 bits per heavy atom. The minimum atomic E-state index is 0.110. The van der Waals surface area contributed by atoms with E-state index in [0.29, 0.717) is 26.1 Å². The van der Waals surface area contributed by atoms with Gasteiger partial charge < -0.3 is 10.6 Å². The van der Waals surface area contributed by atoms with E-state index in [1.165, 1.54) is 6.33 Å². The monoisotopic (exact) mass is 211 g/mol. The van der Waals surface area contributed by atoms with Gasteiger partial charge in [0.05, 0.1) is 6.54 Å². The summed E-state index contributed by atoms with van der Waals surface area (Å²) >= 11 is 0. The molecule has 2 N–H and O–H groups in total. The fourth-order valence-electron chi connectivity index (χ4n) is 1.20. The molecule has 0 saturated heterocycles. The molecular formula is C9H17N5O. The molecule has 6 nitrogen and oxygen atoms in total. The SMILES string of the molecule is CN(CCCN)C(=O)CCn1cncn1. The van der Waals surface area contributed by atoms with Crippen molar-refractivity contribution < 1.29 is 4.79 Å². The van der Waals surface area contributed by atoms with Gasteiger partial charge >= 0.3 is 0 Å². The Kier molecular flexibility index (Phi) is 4.76. The molecule has 0 aromatic carbocycles. The first kappa shape index (κ1) is 11.6. The van der Waals surface area contributed by atoms with Gasteiger partial charge in [-0.25, -0.2) is 4.98 Å². The molecule has 6 heteroatoms. The average molecular weight is 211 g/mol. The maximum atomic E-state index is 11.6. The van der Waals surface area contributed by atoms with Crippen LogP contribution in [0.1, 0.15) is 12.8 Å². The average Bonchev–Trinajstić information content (AvgIpc) is 2.75. The zero-order valence-corrected chi connectivity index (χ0v) is 8.96. The largest absolute Gasteiger partial charge is 0.346 e. The normalized spacial score (nSPS) is 10.3. The number of rotatable bonds is 6. The molecule has 84 valence electrons. The smallest absolute Gasteiger partial charge is 0.224 e. The number of carbonyl (C=O) groups is 1. The first-order valence-corrected chi connectivity index (χ1v) is 5.00. The standard InChI is InChI=1S/C9H17N5O/c1-13(5-2-4-10)9(15)3-6-14-8-11-7-12-14/h7-8H,2-6,10H2,1H3. The van der Waals surface area contributed by atoms with Crippen LogP contribution in [0.15, 0.2) is 12.7 Å². The lowest BCUT2D eigenvalue weighted by atomic mass is 10.3. The van der Waals surface area contributed by atoms with Gasteiger partial charge in [0.1, 0.15) is 12.7 Å². The second-order valence-electron chi connectivity index (χ2n) is 3.37. The molecule has 0 aliphatic carbocycles. The Morgan fingerprint density at radius 1 is 1.60 bits per heavy atom. The Morgan fingerprint density at radius 3 is 3.00 bits per heavy atom. The van der Waals surface area contributed by atoms with Crippen LogP contribution in [0, 0.1) is 0 Å².